The Morgan fingerprint density at radius 1 is 1.29 bits per heavy atom. The zero-order valence-electron chi connectivity index (χ0n) is 19.4. The molecule has 0 spiro atoms. The third-order valence-corrected chi connectivity index (χ3v) is 8.63. The first kappa shape index (κ1) is 22.8. The lowest BCUT2D eigenvalue weighted by atomic mass is 9.49. The number of esters is 1. The van der Waals surface area contributed by atoms with Gasteiger partial charge in [0.15, 0.2) is 0 Å². The second kappa shape index (κ2) is 8.53. The Morgan fingerprint density at radius 3 is 2.77 bits per heavy atom. The van der Waals surface area contributed by atoms with Crippen LogP contribution in [0.25, 0.3) is 0 Å². The van der Waals surface area contributed by atoms with Crippen molar-refractivity contribution in [3.8, 4) is 0 Å². The molecule has 8 atom stereocenters. The number of hydrogen-bond acceptors (Lipinski definition) is 6. The maximum atomic E-state index is 11.6. The van der Waals surface area contributed by atoms with Crippen LogP contribution in [0.4, 0.5) is 0 Å². The molecule has 31 heavy (non-hydrogen) atoms. The molecule has 3 fully saturated rings. The Morgan fingerprint density at radius 2 is 2.06 bits per heavy atom. The second-order valence-electron chi connectivity index (χ2n) is 10.5. The van der Waals surface area contributed by atoms with Gasteiger partial charge in [-0.1, -0.05) is 39.0 Å². The summed E-state index contributed by atoms with van der Waals surface area (Å²) in [6, 6.07) is 0. The molecular formula is C25H38O6. The number of hydrogen-bond donors (Lipinski definition) is 1. The molecule has 1 N–H and O–H groups in total. The topological polar surface area (TPSA) is 74.2 Å². The SMILES string of the molecule is C=C(CCC)OO[C@@H]1CC2=CC(O)C3C(CC[C@@]4(C)C3CC[C@@H]4OC(C)=O)[C@@]2(C)CO1. The molecule has 1 aliphatic heterocycles. The third-order valence-electron chi connectivity index (χ3n) is 8.63. The van der Waals surface area contributed by atoms with E-state index in [1.807, 2.05) is 6.08 Å². The van der Waals surface area contributed by atoms with Crippen LogP contribution >= 0.6 is 0 Å². The van der Waals surface area contributed by atoms with E-state index in [-0.39, 0.29) is 28.8 Å². The first-order valence-electron chi connectivity index (χ1n) is 11.9. The molecule has 4 rings (SSSR count). The van der Waals surface area contributed by atoms with Gasteiger partial charge in [0.2, 0.25) is 6.29 Å². The van der Waals surface area contributed by atoms with E-state index < -0.39 is 12.4 Å². The number of fused-ring (bicyclic) bond motifs is 5. The summed E-state index contributed by atoms with van der Waals surface area (Å²) in [6.07, 6.45) is 7.20. The van der Waals surface area contributed by atoms with Crippen LogP contribution in [0.3, 0.4) is 0 Å². The Labute approximate surface area is 185 Å². The van der Waals surface area contributed by atoms with E-state index in [2.05, 4.69) is 27.4 Å². The Balaban J connectivity index is 1.50. The Bertz CT molecular complexity index is 746. The first-order valence-corrected chi connectivity index (χ1v) is 11.9. The van der Waals surface area contributed by atoms with Crippen molar-refractivity contribution in [2.75, 3.05) is 6.61 Å². The highest BCUT2D eigenvalue weighted by Gasteiger charge is 2.62. The van der Waals surface area contributed by atoms with Crippen molar-refractivity contribution in [1.29, 1.82) is 0 Å². The van der Waals surface area contributed by atoms with E-state index in [9.17, 15) is 9.90 Å². The zero-order chi connectivity index (χ0) is 22.4. The summed E-state index contributed by atoms with van der Waals surface area (Å²) >= 11 is 0. The lowest BCUT2D eigenvalue weighted by Crippen LogP contribution is -2.57. The minimum Gasteiger partial charge on any atom is -0.462 e. The van der Waals surface area contributed by atoms with Gasteiger partial charge in [-0.15, -0.1) is 0 Å². The average molecular weight is 435 g/mol. The molecule has 4 unspecified atom stereocenters. The van der Waals surface area contributed by atoms with Gasteiger partial charge in [-0.2, -0.15) is 4.89 Å². The van der Waals surface area contributed by atoms with Crippen molar-refractivity contribution in [2.24, 2.45) is 28.6 Å². The molecule has 6 nitrogen and oxygen atoms in total. The lowest BCUT2D eigenvalue weighted by Gasteiger charge is -2.58. The van der Waals surface area contributed by atoms with Gasteiger partial charge in [0.1, 0.15) is 11.9 Å². The van der Waals surface area contributed by atoms with Gasteiger partial charge in [0, 0.05) is 30.6 Å². The highest BCUT2D eigenvalue weighted by atomic mass is 17.2. The highest BCUT2D eigenvalue weighted by Crippen LogP contribution is 2.64. The van der Waals surface area contributed by atoms with E-state index in [1.165, 1.54) is 12.5 Å². The maximum absolute atomic E-state index is 11.6. The molecule has 174 valence electrons. The van der Waals surface area contributed by atoms with Crippen LogP contribution in [0, 0.1) is 28.6 Å². The standard InChI is InChI=1S/C25H38O6/c1-6-7-15(2)30-31-22-13-17-12-20(27)23-18-8-9-21(29-16(3)26)24(18,4)11-10-19(23)25(17,5)14-28-22/h12,18-23,27H,2,6-11,13-14H2,1,3-5H3/t18?,19?,20?,21-,22+,23?,24-,25-/m0/s1. The van der Waals surface area contributed by atoms with Gasteiger partial charge in [-0.25, -0.2) is 0 Å². The van der Waals surface area contributed by atoms with Gasteiger partial charge in [0.05, 0.1) is 12.7 Å². The third kappa shape index (κ3) is 3.96. The summed E-state index contributed by atoms with van der Waals surface area (Å²) in [5.74, 6) is 1.24. The molecule has 2 saturated carbocycles. The maximum Gasteiger partial charge on any atom is 0.302 e. The molecular weight excluding hydrogens is 396 g/mol. The predicted octanol–water partition coefficient (Wildman–Crippen LogP) is 4.68. The quantitative estimate of drug-likeness (QED) is 0.215. The zero-order valence-corrected chi connectivity index (χ0v) is 19.4. The van der Waals surface area contributed by atoms with Crippen LogP contribution in [-0.4, -0.2) is 36.2 Å². The van der Waals surface area contributed by atoms with Crippen molar-refractivity contribution in [1.82, 2.24) is 0 Å². The number of carbonyl (C=O) groups is 1. The number of aliphatic hydroxyl groups is 1. The van der Waals surface area contributed by atoms with Crippen LogP contribution in [0.2, 0.25) is 0 Å². The Hall–Kier alpha value is -1.37. The molecule has 0 radical (unpaired) electrons. The molecule has 3 aliphatic carbocycles. The largest absolute Gasteiger partial charge is 0.462 e. The van der Waals surface area contributed by atoms with E-state index in [1.54, 1.807) is 0 Å². The van der Waals surface area contributed by atoms with Crippen LogP contribution in [0.15, 0.2) is 24.0 Å². The van der Waals surface area contributed by atoms with E-state index in [4.69, 9.17) is 19.2 Å². The number of carbonyl (C=O) groups excluding carboxylic acids is 1. The Kier molecular flexibility index (Phi) is 6.27. The summed E-state index contributed by atoms with van der Waals surface area (Å²) in [4.78, 5) is 22.5. The smallest absolute Gasteiger partial charge is 0.302 e. The molecule has 0 aromatic heterocycles. The molecule has 0 aromatic rings. The van der Waals surface area contributed by atoms with E-state index in [0.29, 0.717) is 30.6 Å². The normalized spacial score (nSPS) is 43.8. The molecule has 4 aliphatic rings. The molecule has 1 saturated heterocycles. The van der Waals surface area contributed by atoms with Gasteiger partial charge in [-0.3, -0.25) is 4.79 Å². The van der Waals surface area contributed by atoms with Crippen LogP contribution < -0.4 is 0 Å². The van der Waals surface area contributed by atoms with Crippen molar-refractivity contribution in [3.63, 3.8) is 0 Å². The van der Waals surface area contributed by atoms with Crippen molar-refractivity contribution >= 4 is 5.97 Å². The van der Waals surface area contributed by atoms with Crippen LogP contribution in [0.1, 0.15) is 72.6 Å². The predicted molar refractivity (Wildman–Crippen MR) is 115 cm³/mol. The number of aliphatic hydroxyl groups excluding tert-OH is 1. The van der Waals surface area contributed by atoms with Crippen LogP contribution in [0.5, 0.6) is 0 Å². The number of allylic oxidation sites excluding steroid dienone is 1. The van der Waals surface area contributed by atoms with Gasteiger partial charge < -0.3 is 19.5 Å². The highest BCUT2D eigenvalue weighted by molar-refractivity contribution is 5.66. The number of ether oxygens (including phenoxy) is 2. The van der Waals surface area contributed by atoms with Crippen LogP contribution in [-0.2, 0) is 24.0 Å². The van der Waals surface area contributed by atoms with Crippen molar-refractivity contribution < 1.29 is 29.1 Å². The van der Waals surface area contributed by atoms with Gasteiger partial charge in [0.25, 0.3) is 0 Å². The summed E-state index contributed by atoms with van der Waals surface area (Å²) < 4.78 is 11.8. The first-order chi connectivity index (χ1) is 14.7. The van der Waals surface area contributed by atoms with E-state index in [0.717, 1.165) is 38.5 Å². The lowest BCUT2D eigenvalue weighted by molar-refractivity contribution is -0.368. The summed E-state index contributed by atoms with van der Waals surface area (Å²) in [5.41, 5.74) is 1.02. The number of rotatable bonds is 6. The fourth-order valence-corrected chi connectivity index (χ4v) is 7.02. The molecule has 1 heterocycles. The summed E-state index contributed by atoms with van der Waals surface area (Å²) in [6.45, 7) is 12.5. The summed E-state index contributed by atoms with van der Waals surface area (Å²) in [5, 5.41) is 11.3. The molecule has 6 heteroatoms. The molecule has 0 aromatic carbocycles. The fraction of sp³-hybridized carbons (Fsp3) is 0.800. The monoisotopic (exact) mass is 434 g/mol. The fourth-order valence-electron chi connectivity index (χ4n) is 7.02. The van der Waals surface area contributed by atoms with Crippen molar-refractivity contribution in [2.45, 2.75) is 91.1 Å². The second-order valence-corrected chi connectivity index (χ2v) is 10.5. The minimum atomic E-state index is -0.497. The van der Waals surface area contributed by atoms with Gasteiger partial charge >= 0.3 is 5.97 Å². The summed E-state index contributed by atoms with van der Waals surface area (Å²) in [7, 11) is 0. The van der Waals surface area contributed by atoms with E-state index >= 15 is 0 Å². The van der Waals surface area contributed by atoms with Crippen molar-refractivity contribution in [3.05, 3.63) is 24.0 Å². The average Bonchev–Trinajstić information content (AvgIpc) is 3.03. The molecule has 0 amide bonds. The molecule has 0 bridgehead atoms. The minimum absolute atomic E-state index is 0.0462. The van der Waals surface area contributed by atoms with Gasteiger partial charge in [-0.05, 0) is 49.9 Å².